The molecule has 0 spiro atoms. The van der Waals surface area contributed by atoms with Crippen LogP contribution in [0.3, 0.4) is 0 Å². The average Bonchev–Trinajstić information content (AvgIpc) is 3.21. The van der Waals surface area contributed by atoms with Crippen molar-refractivity contribution < 1.29 is 67.0 Å². The largest absolute Gasteiger partial charge is 0.756 e. The number of aromatic nitrogens is 2. The van der Waals surface area contributed by atoms with E-state index >= 15 is 0 Å². The van der Waals surface area contributed by atoms with Crippen LogP contribution in [-0.2, 0) is 36.8 Å². The van der Waals surface area contributed by atoms with E-state index in [2.05, 4.69) is 28.7 Å². The van der Waals surface area contributed by atoms with E-state index in [-0.39, 0.29) is 5.88 Å². The van der Waals surface area contributed by atoms with Crippen LogP contribution in [0, 0.1) is 0 Å². The van der Waals surface area contributed by atoms with Crippen molar-refractivity contribution in [1.29, 1.82) is 0 Å². The molecule has 1 amide bonds. The second-order valence-corrected chi connectivity index (χ2v) is 12.2. The number of azide groups is 1. The second-order valence-electron chi connectivity index (χ2n) is 8.97. The zero-order chi connectivity index (χ0) is 32.8. The van der Waals surface area contributed by atoms with Gasteiger partial charge in [0.2, 0.25) is 5.91 Å². The number of amides is 1. The average molecular weight is 691 g/mol. The van der Waals surface area contributed by atoms with Crippen molar-refractivity contribution in [2.45, 2.75) is 55.2 Å². The van der Waals surface area contributed by atoms with Gasteiger partial charge in [-0.3, -0.25) is 32.8 Å². The van der Waals surface area contributed by atoms with E-state index in [0.717, 1.165) is 18.3 Å². The number of rotatable bonds is 13. The van der Waals surface area contributed by atoms with Crippen molar-refractivity contribution in [3.63, 3.8) is 0 Å². The molecule has 25 heteroatoms. The molecule has 6 N–H and O–H groups in total. The predicted molar refractivity (Wildman–Crippen MR) is 137 cm³/mol. The Morgan fingerprint density at radius 2 is 1.84 bits per heavy atom. The Hall–Kier alpha value is -2.49. The van der Waals surface area contributed by atoms with Gasteiger partial charge in [0.25, 0.3) is 21.2 Å². The summed E-state index contributed by atoms with van der Waals surface area (Å²) in [5.74, 6) is -1.07. The van der Waals surface area contributed by atoms with Gasteiger partial charge in [-0.1, -0.05) is 11.2 Å². The molecule has 2 aliphatic heterocycles. The second kappa shape index (κ2) is 15.2. The van der Waals surface area contributed by atoms with E-state index in [4.69, 9.17) is 26.6 Å². The van der Waals surface area contributed by atoms with Crippen molar-refractivity contribution in [1.82, 2.24) is 14.9 Å². The fraction of sp³-hybridized carbons (Fsp3) is 0.632. The maximum atomic E-state index is 12.5. The van der Waals surface area contributed by atoms with E-state index in [9.17, 15) is 53.7 Å². The van der Waals surface area contributed by atoms with Crippen LogP contribution >= 0.6 is 27.2 Å². The van der Waals surface area contributed by atoms with Crippen molar-refractivity contribution in [3.05, 3.63) is 55.7 Å². The summed E-state index contributed by atoms with van der Waals surface area (Å²) in [7, 11) is -11.9. The highest BCUT2D eigenvalue weighted by atomic mass is 35.5. The number of aromatic amines is 1. The van der Waals surface area contributed by atoms with Crippen molar-refractivity contribution in [2.75, 3.05) is 19.0 Å². The minimum atomic E-state index is -6.04. The number of phosphoric ester groups is 2. The predicted octanol–water partition coefficient (Wildman–Crippen LogP) is -3.82. The van der Waals surface area contributed by atoms with E-state index in [0.29, 0.717) is 4.57 Å². The van der Waals surface area contributed by atoms with E-state index in [1.54, 1.807) is 0 Å². The summed E-state index contributed by atoms with van der Waals surface area (Å²) in [5, 5.41) is 46.4. The number of aliphatic hydroxyl groups is 4. The first-order chi connectivity index (χ1) is 20.6. The van der Waals surface area contributed by atoms with Crippen molar-refractivity contribution in [2.24, 2.45) is 5.11 Å². The summed E-state index contributed by atoms with van der Waals surface area (Å²) in [4.78, 5) is 64.5. The van der Waals surface area contributed by atoms with Gasteiger partial charge in [0, 0.05) is 29.1 Å². The number of halogens is 1. The normalized spacial score (nSPS) is 33.3. The van der Waals surface area contributed by atoms with Gasteiger partial charge in [-0.25, -0.2) is 9.11 Å². The lowest BCUT2D eigenvalue weighted by Gasteiger charge is -2.44. The maximum Gasteiger partial charge on any atom is 0.330 e. The summed E-state index contributed by atoms with van der Waals surface area (Å²) >= 11 is 5.45. The van der Waals surface area contributed by atoms with Crippen LogP contribution in [0.2, 0.25) is 0 Å². The van der Waals surface area contributed by atoms with Gasteiger partial charge < -0.3 is 49.5 Å². The highest BCUT2D eigenvalue weighted by Gasteiger charge is 2.48. The molecule has 22 nitrogen and oxygen atoms in total. The topological polar surface area (TPSA) is 340 Å². The van der Waals surface area contributed by atoms with Gasteiger partial charge in [0.1, 0.15) is 36.6 Å². The molecule has 3 heterocycles. The number of H-pyrrole nitrogens is 1. The zero-order valence-electron chi connectivity index (χ0n) is 21.9. The Morgan fingerprint density at radius 3 is 2.48 bits per heavy atom. The molecule has 44 heavy (non-hydrogen) atoms. The quantitative estimate of drug-likeness (QED) is 0.0288. The molecule has 1 aromatic heterocycles. The number of aliphatic hydroxyl groups excluding tert-OH is 4. The first-order valence-corrected chi connectivity index (χ1v) is 15.6. The molecule has 1 aromatic rings. The van der Waals surface area contributed by atoms with Crippen LogP contribution < -0.4 is 26.4 Å². The smallest absolute Gasteiger partial charge is 0.330 e. The van der Waals surface area contributed by atoms with Crippen LogP contribution in [0.25, 0.3) is 10.4 Å². The fourth-order valence-corrected chi connectivity index (χ4v) is 6.16. The fourth-order valence-electron chi connectivity index (χ4n) is 3.99. The van der Waals surface area contributed by atoms with Crippen LogP contribution in [0.15, 0.2) is 39.1 Å². The molecular weight excluding hydrogens is 666 g/mol. The minimum absolute atomic E-state index is 0.107. The number of carbonyl (C=O) groups excluding carboxylic acids is 1. The Morgan fingerprint density at radius 1 is 1.16 bits per heavy atom. The third-order valence-electron chi connectivity index (χ3n) is 5.99. The number of nitrogens with one attached hydrogen (secondary N) is 2. The van der Waals surface area contributed by atoms with Crippen molar-refractivity contribution in [3.8, 4) is 0 Å². The Balaban J connectivity index is 1.70. The molecule has 0 bridgehead atoms. The first kappa shape index (κ1) is 36.0. The molecule has 0 aliphatic carbocycles. The SMILES string of the molecule is [N-]=[N+]=NC[C@H]1O[C@H](OP(=O)([O-])OP(=O)([O-])OC[C@H]2O[C@@H](n3ccc(=O)[nH]c3=O)[C@H](O)[C@@H]2O)[C@H](NC(=O)/C=C/CCl)[C@@H](O)[C@@H]1O. The highest BCUT2D eigenvalue weighted by molar-refractivity contribution is 7.59. The number of allylic oxidation sites excluding steroid dienone is 1. The molecule has 0 saturated carbocycles. The highest BCUT2D eigenvalue weighted by Crippen LogP contribution is 2.57. The monoisotopic (exact) mass is 690 g/mol. The molecule has 246 valence electrons. The third kappa shape index (κ3) is 9.27. The molecule has 2 aliphatic rings. The van der Waals surface area contributed by atoms with Gasteiger partial charge in [0.05, 0.1) is 19.3 Å². The van der Waals surface area contributed by atoms with E-state index < -0.39 is 101 Å². The van der Waals surface area contributed by atoms with Crippen LogP contribution in [0.5, 0.6) is 0 Å². The summed E-state index contributed by atoms with van der Waals surface area (Å²) in [5.41, 5.74) is 6.72. The van der Waals surface area contributed by atoms with Crippen molar-refractivity contribution >= 4 is 33.2 Å². The van der Waals surface area contributed by atoms with Crippen LogP contribution in [0.1, 0.15) is 6.23 Å². The number of ether oxygens (including phenoxy) is 2. The molecule has 3 rings (SSSR count). The number of alkyl halides is 1. The maximum absolute atomic E-state index is 12.5. The zero-order valence-corrected chi connectivity index (χ0v) is 24.4. The Kier molecular flexibility index (Phi) is 12.4. The number of hydrogen-bond acceptors (Lipinski definition) is 17. The van der Waals surface area contributed by atoms with Gasteiger partial charge in [-0.05, 0) is 5.53 Å². The minimum Gasteiger partial charge on any atom is -0.756 e. The Bertz CT molecular complexity index is 1470. The summed E-state index contributed by atoms with van der Waals surface area (Å²) < 4.78 is 49.1. The lowest BCUT2D eigenvalue weighted by Crippen LogP contribution is -2.64. The molecule has 2 fully saturated rings. The third-order valence-corrected chi connectivity index (χ3v) is 8.69. The van der Waals surface area contributed by atoms with Crippen LogP contribution in [-0.4, -0.2) is 104 Å². The van der Waals surface area contributed by atoms with Gasteiger partial charge in [-0.2, -0.15) is 0 Å². The molecule has 11 atom stereocenters. The number of nitrogens with zero attached hydrogens (tertiary/aromatic N) is 4. The molecule has 2 unspecified atom stereocenters. The lowest BCUT2D eigenvalue weighted by atomic mass is 9.96. The summed E-state index contributed by atoms with van der Waals surface area (Å²) in [6.07, 6.45) is -11.7. The molecular formula is C19H25ClN6O16P2-2. The van der Waals surface area contributed by atoms with E-state index in [1.165, 1.54) is 6.08 Å². The lowest BCUT2D eigenvalue weighted by molar-refractivity contribution is -0.280. The standard InChI is InChI=1S/C19H27ClN6O16P2/c20-4-1-2-10(27)23-12-15(31)13(29)8(6-22-25-21)40-18(12)41-44(36,37)42-43(34,35)38-7-9-14(30)16(32)17(39-9)26-5-3-11(28)24-19(26)33/h1-3,5,8-9,12-18,29-32H,4,6-7H2,(H,23,27)(H,34,35)(H,36,37)(H,24,28,33)/p-2/b2-1+/t8-,9-,12-,13-,14-,15-,16-,17-,18-/m1/s1. The summed E-state index contributed by atoms with van der Waals surface area (Å²) in [6, 6.07) is -0.963. The molecule has 0 aromatic carbocycles. The number of phosphoric acid groups is 2. The van der Waals surface area contributed by atoms with Gasteiger partial charge in [-0.15, -0.1) is 11.6 Å². The summed E-state index contributed by atoms with van der Waals surface area (Å²) in [6.45, 7) is -1.81. The van der Waals surface area contributed by atoms with Gasteiger partial charge >= 0.3 is 5.69 Å². The molecule has 2 saturated heterocycles. The first-order valence-electron chi connectivity index (χ1n) is 12.1. The Labute approximate surface area is 250 Å². The number of hydrogen-bond donors (Lipinski definition) is 6. The van der Waals surface area contributed by atoms with Crippen LogP contribution in [0.4, 0.5) is 0 Å². The number of carbonyl (C=O) groups is 1. The molecule has 0 radical (unpaired) electrons. The van der Waals surface area contributed by atoms with E-state index in [1.807, 2.05) is 4.98 Å². The van der Waals surface area contributed by atoms with Gasteiger partial charge in [0.15, 0.2) is 12.5 Å².